The third-order valence-electron chi connectivity index (χ3n) is 5.44. The van der Waals surface area contributed by atoms with Crippen LogP contribution in [0.3, 0.4) is 0 Å². The minimum Gasteiger partial charge on any atom is -0.497 e. The summed E-state index contributed by atoms with van der Waals surface area (Å²) in [5.41, 5.74) is 1.34. The van der Waals surface area contributed by atoms with Crippen molar-refractivity contribution >= 4 is 0 Å². The van der Waals surface area contributed by atoms with Crippen LogP contribution in [0.2, 0.25) is 0 Å². The van der Waals surface area contributed by atoms with E-state index >= 15 is 0 Å². The van der Waals surface area contributed by atoms with Crippen LogP contribution in [0.15, 0.2) is 24.3 Å². The van der Waals surface area contributed by atoms with E-state index in [9.17, 15) is 0 Å². The fourth-order valence-electron chi connectivity index (χ4n) is 3.88. The monoisotopic (exact) mass is 317 g/mol. The number of nitrogens with zero attached hydrogens (tertiary/aromatic N) is 1. The van der Waals surface area contributed by atoms with Gasteiger partial charge in [-0.2, -0.15) is 0 Å². The molecule has 3 atom stereocenters. The van der Waals surface area contributed by atoms with E-state index in [1.807, 2.05) is 12.1 Å². The number of benzene rings is 1. The molecule has 3 fully saturated rings. The Morgan fingerprint density at radius 3 is 2.70 bits per heavy atom. The largest absolute Gasteiger partial charge is 0.497 e. The summed E-state index contributed by atoms with van der Waals surface area (Å²) >= 11 is 0. The lowest BCUT2D eigenvalue weighted by Crippen LogP contribution is -2.51. The molecule has 4 rings (SSSR count). The molecule has 0 N–H and O–H groups in total. The van der Waals surface area contributed by atoms with Gasteiger partial charge in [-0.05, 0) is 49.3 Å². The molecule has 0 spiro atoms. The average molecular weight is 317 g/mol. The molecule has 1 aliphatic heterocycles. The lowest BCUT2D eigenvalue weighted by Gasteiger charge is -2.39. The quantitative estimate of drug-likeness (QED) is 0.807. The van der Waals surface area contributed by atoms with Gasteiger partial charge in [-0.1, -0.05) is 12.1 Å². The molecular weight excluding hydrogens is 290 g/mol. The van der Waals surface area contributed by atoms with Crippen LogP contribution in [-0.2, 0) is 16.0 Å². The first-order valence-corrected chi connectivity index (χ1v) is 8.93. The third-order valence-corrected chi connectivity index (χ3v) is 5.44. The molecule has 1 aromatic rings. The Bertz CT molecular complexity index is 514. The maximum atomic E-state index is 6.16. The van der Waals surface area contributed by atoms with E-state index in [1.165, 1.54) is 24.8 Å². The molecule has 0 bridgehead atoms. The lowest BCUT2D eigenvalue weighted by molar-refractivity contribution is -0.116. The molecule has 0 aromatic heterocycles. The summed E-state index contributed by atoms with van der Waals surface area (Å²) in [4.78, 5) is 2.58. The molecule has 23 heavy (non-hydrogen) atoms. The fraction of sp³-hybridized carbons (Fsp3) is 0.684. The van der Waals surface area contributed by atoms with Crippen molar-refractivity contribution in [3.8, 4) is 5.75 Å². The lowest BCUT2D eigenvalue weighted by atomic mass is 10.1. The Morgan fingerprint density at radius 1 is 1.13 bits per heavy atom. The number of hydrogen-bond donors (Lipinski definition) is 0. The molecule has 3 aliphatic rings. The summed E-state index contributed by atoms with van der Waals surface area (Å²) in [6, 6.07) is 8.93. The Labute approximate surface area is 138 Å². The molecule has 2 saturated carbocycles. The maximum Gasteiger partial charge on any atom is 0.118 e. The number of fused-ring (bicyclic) bond motifs is 1. The molecular formula is C19H27NO3. The summed E-state index contributed by atoms with van der Waals surface area (Å²) in [6.45, 7) is 3.77. The van der Waals surface area contributed by atoms with Crippen LogP contribution in [0.25, 0.3) is 0 Å². The van der Waals surface area contributed by atoms with Crippen LogP contribution in [0.4, 0.5) is 0 Å². The zero-order chi connectivity index (χ0) is 15.6. The molecule has 1 aromatic carbocycles. The van der Waals surface area contributed by atoms with Crippen molar-refractivity contribution in [1.82, 2.24) is 4.90 Å². The predicted octanol–water partition coefficient (Wildman–Crippen LogP) is 2.85. The van der Waals surface area contributed by atoms with E-state index in [1.54, 1.807) is 7.11 Å². The summed E-state index contributed by atoms with van der Waals surface area (Å²) < 4.78 is 17.5. The molecule has 1 heterocycles. The minimum atomic E-state index is 0.265. The first kappa shape index (κ1) is 15.4. The molecule has 0 radical (unpaired) electrons. The van der Waals surface area contributed by atoms with E-state index in [2.05, 4.69) is 17.0 Å². The highest BCUT2D eigenvalue weighted by molar-refractivity contribution is 5.27. The van der Waals surface area contributed by atoms with Gasteiger partial charge in [0.15, 0.2) is 0 Å². The van der Waals surface area contributed by atoms with Crippen LogP contribution in [-0.4, -0.2) is 50.0 Å². The molecule has 1 saturated heterocycles. The minimum absolute atomic E-state index is 0.265. The van der Waals surface area contributed by atoms with Gasteiger partial charge >= 0.3 is 0 Å². The van der Waals surface area contributed by atoms with Crippen LogP contribution in [0.5, 0.6) is 5.75 Å². The molecule has 0 unspecified atom stereocenters. The van der Waals surface area contributed by atoms with Crippen LogP contribution >= 0.6 is 0 Å². The van der Waals surface area contributed by atoms with Crippen molar-refractivity contribution in [1.29, 1.82) is 0 Å². The van der Waals surface area contributed by atoms with E-state index < -0.39 is 0 Å². The highest BCUT2D eigenvalue weighted by Crippen LogP contribution is 2.35. The van der Waals surface area contributed by atoms with Gasteiger partial charge in [-0.25, -0.2) is 0 Å². The fourth-order valence-corrected chi connectivity index (χ4v) is 3.88. The van der Waals surface area contributed by atoms with Crippen molar-refractivity contribution in [3.63, 3.8) is 0 Å². The van der Waals surface area contributed by atoms with Gasteiger partial charge in [0.25, 0.3) is 0 Å². The van der Waals surface area contributed by atoms with Crippen LogP contribution < -0.4 is 4.74 Å². The number of morpholine rings is 1. The topological polar surface area (TPSA) is 30.9 Å². The summed E-state index contributed by atoms with van der Waals surface area (Å²) in [6.07, 6.45) is 5.61. The summed E-state index contributed by atoms with van der Waals surface area (Å²) in [5, 5.41) is 0. The van der Waals surface area contributed by atoms with Crippen molar-refractivity contribution in [3.05, 3.63) is 29.8 Å². The Kier molecular flexibility index (Phi) is 4.56. The molecule has 0 amide bonds. The normalized spacial score (nSPS) is 31.1. The van der Waals surface area contributed by atoms with E-state index in [0.29, 0.717) is 12.1 Å². The molecule has 2 aliphatic carbocycles. The van der Waals surface area contributed by atoms with Gasteiger partial charge in [0.2, 0.25) is 0 Å². The second-order valence-electron chi connectivity index (χ2n) is 7.11. The van der Waals surface area contributed by atoms with Crippen molar-refractivity contribution in [2.45, 2.75) is 50.5 Å². The van der Waals surface area contributed by atoms with Crippen LogP contribution in [0.1, 0.15) is 31.2 Å². The SMILES string of the molecule is COc1ccc(CN2CCO[C@H]3[C@H](OCC4CC4)CC[C@@H]32)cc1. The van der Waals surface area contributed by atoms with Crippen molar-refractivity contribution in [2.75, 3.05) is 26.9 Å². The Hall–Kier alpha value is -1.10. The predicted molar refractivity (Wildman–Crippen MR) is 88.6 cm³/mol. The smallest absolute Gasteiger partial charge is 0.118 e. The standard InChI is InChI=1S/C19H27NO3/c1-21-16-6-4-14(5-7-16)12-20-10-11-22-19-17(20)8-9-18(19)23-13-15-2-3-15/h4-7,15,17-19H,2-3,8-13H2,1H3/t17-,18+,19+/m0/s1. The van der Waals surface area contributed by atoms with Gasteiger partial charge in [0.05, 0.1) is 25.9 Å². The summed E-state index contributed by atoms with van der Waals surface area (Å²) in [5.74, 6) is 1.75. The van der Waals surface area contributed by atoms with E-state index in [-0.39, 0.29) is 6.10 Å². The van der Waals surface area contributed by atoms with Crippen molar-refractivity contribution in [2.24, 2.45) is 5.92 Å². The van der Waals surface area contributed by atoms with E-state index in [4.69, 9.17) is 14.2 Å². The number of hydrogen-bond acceptors (Lipinski definition) is 4. The maximum absolute atomic E-state index is 6.16. The van der Waals surface area contributed by atoms with Crippen molar-refractivity contribution < 1.29 is 14.2 Å². The highest BCUT2D eigenvalue weighted by Gasteiger charge is 2.43. The Balaban J connectivity index is 1.37. The molecule has 126 valence electrons. The van der Waals surface area contributed by atoms with E-state index in [0.717, 1.165) is 44.4 Å². The van der Waals surface area contributed by atoms with Gasteiger partial charge < -0.3 is 14.2 Å². The second kappa shape index (κ2) is 6.80. The number of rotatable bonds is 6. The first-order chi connectivity index (χ1) is 11.3. The molecule has 4 nitrogen and oxygen atoms in total. The van der Waals surface area contributed by atoms with Gasteiger partial charge in [-0.3, -0.25) is 4.90 Å². The summed E-state index contributed by atoms with van der Waals surface area (Å²) in [7, 11) is 1.71. The van der Waals surface area contributed by atoms with Gasteiger partial charge in [0.1, 0.15) is 5.75 Å². The number of methoxy groups -OCH3 is 1. The molecule has 4 heteroatoms. The zero-order valence-corrected chi connectivity index (χ0v) is 13.9. The third kappa shape index (κ3) is 3.54. The first-order valence-electron chi connectivity index (χ1n) is 8.93. The zero-order valence-electron chi connectivity index (χ0n) is 13.9. The Morgan fingerprint density at radius 2 is 1.96 bits per heavy atom. The van der Waals surface area contributed by atoms with Crippen LogP contribution in [0, 0.1) is 5.92 Å². The number of ether oxygens (including phenoxy) is 3. The van der Waals surface area contributed by atoms with Gasteiger partial charge in [-0.15, -0.1) is 0 Å². The highest BCUT2D eigenvalue weighted by atomic mass is 16.5. The average Bonchev–Trinajstić information content (AvgIpc) is 3.33. The van der Waals surface area contributed by atoms with Gasteiger partial charge in [0, 0.05) is 25.7 Å². The second-order valence-corrected chi connectivity index (χ2v) is 7.11.